The number of likely N-dealkylation sites (N-methyl/N-ethyl adjacent to an activating group) is 1. The summed E-state index contributed by atoms with van der Waals surface area (Å²) in [5, 5.41) is 5.56. The summed E-state index contributed by atoms with van der Waals surface area (Å²) in [6.45, 7) is -0.128. The van der Waals surface area contributed by atoms with Crippen molar-refractivity contribution in [1.82, 2.24) is 9.88 Å². The van der Waals surface area contributed by atoms with Crippen molar-refractivity contribution in [3.8, 4) is 0 Å². The van der Waals surface area contributed by atoms with Gasteiger partial charge in [0.1, 0.15) is 6.61 Å². The molecule has 2 atom stereocenters. The van der Waals surface area contributed by atoms with Crippen molar-refractivity contribution >= 4 is 39.9 Å². The van der Waals surface area contributed by atoms with Gasteiger partial charge in [-0.1, -0.05) is 23.7 Å². The third kappa shape index (κ3) is 3.36. The number of morpholine rings is 1. The predicted molar refractivity (Wildman–Crippen MR) is 87.4 cm³/mol. The van der Waals surface area contributed by atoms with Gasteiger partial charge in [-0.05, 0) is 17.7 Å². The largest absolute Gasteiger partial charge is 0.356 e. The van der Waals surface area contributed by atoms with E-state index in [-0.39, 0.29) is 18.4 Å². The molecular formula is C15H14ClN3O3S. The number of hydrogen-bond acceptors (Lipinski definition) is 5. The fraction of sp³-hybridized carbons (Fsp3) is 0.267. The highest BCUT2D eigenvalue weighted by molar-refractivity contribution is 7.13. The number of aromatic nitrogens is 1. The van der Waals surface area contributed by atoms with E-state index in [2.05, 4.69) is 10.3 Å². The van der Waals surface area contributed by atoms with Crippen molar-refractivity contribution in [2.24, 2.45) is 0 Å². The number of benzene rings is 1. The smallest absolute Gasteiger partial charge is 0.257 e. The monoisotopic (exact) mass is 351 g/mol. The molecule has 1 fully saturated rings. The molecule has 1 N–H and O–H groups in total. The Kier molecular flexibility index (Phi) is 4.61. The van der Waals surface area contributed by atoms with Gasteiger partial charge in [-0.2, -0.15) is 0 Å². The first kappa shape index (κ1) is 15.9. The van der Waals surface area contributed by atoms with Gasteiger partial charge < -0.3 is 9.64 Å². The van der Waals surface area contributed by atoms with Crippen LogP contribution in [0.5, 0.6) is 0 Å². The number of ether oxygens (including phenoxy) is 1. The molecule has 23 heavy (non-hydrogen) atoms. The van der Waals surface area contributed by atoms with Crippen LogP contribution in [-0.2, 0) is 14.3 Å². The first-order chi connectivity index (χ1) is 11.1. The molecule has 0 saturated carbocycles. The summed E-state index contributed by atoms with van der Waals surface area (Å²) >= 11 is 7.23. The van der Waals surface area contributed by atoms with Crippen molar-refractivity contribution in [2.75, 3.05) is 19.0 Å². The maximum absolute atomic E-state index is 12.5. The van der Waals surface area contributed by atoms with Gasteiger partial charge in [-0.15, -0.1) is 11.3 Å². The summed E-state index contributed by atoms with van der Waals surface area (Å²) in [7, 11) is 1.66. The van der Waals surface area contributed by atoms with E-state index in [0.717, 1.165) is 5.56 Å². The Bertz CT molecular complexity index is 705. The van der Waals surface area contributed by atoms with Gasteiger partial charge in [-0.3, -0.25) is 14.9 Å². The number of carbonyl (C=O) groups excluding carboxylic acids is 2. The molecule has 0 spiro atoms. The molecule has 0 bridgehead atoms. The van der Waals surface area contributed by atoms with E-state index >= 15 is 0 Å². The summed E-state index contributed by atoms with van der Waals surface area (Å²) in [5.74, 6) is -0.512. The number of rotatable bonds is 3. The van der Waals surface area contributed by atoms with Gasteiger partial charge in [0.25, 0.3) is 5.91 Å². The molecule has 0 radical (unpaired) electrons. The Balaban J connectivity index is 1.88. The molecule has 1 aromatic carbocycles. The summed E-state index contributed by atoms with van der Waals surface area (Å²) in [6, 6.07) is 6.50. The third-order valence-electron chi connectivity index (χ3n) is 3.62. The molecule has 6 nitrogen and oxygen atoms in total. The first-order valence-corrected chi connectivity index (χ1v) is 8.15. The molecule has 1 aliphatic heterocycles. The maximum Gasteiger partial charge on any atom is 0.257 e. The average molecular weight is 352 g/mol. The van der Waals surface area contributed by atoms with Crippen molar-refractivity contribution in [3.05, 3.63) is 46.4 Å². The molecule has 0 aliphatic carbocycles. The SMILES string of the molecule is CN1C(=O)CO[C@H](C(=O)Nc2nccs2)[C@H]1c1ccc(Cl)cc1. The highest BCUT2D eigenvalue weighted by Crippen LogP contribution is 2.30. The number of nitrogens with one attached hydrogen (secondary N) is 1. The lowest BCUT2D eigenvalue weighted by atomic mass is 9.98. The van der Waals surface area contributed by atoms with Crippen LogP contribution in [0.3, 0.4) is 0 Å². The molecule has 1 saturated heterocycles. The lowest BCUT2D eigenvalue weighted by Crippen LogP contribution is -2.51. The summed E-state index contributed by atoms with van der Waals surface area (Å²) in [6.07, 6.45) is 0.789. The zero-order valence-electron chi connectivity index (χ0n) is 12.2. The highest BCUT2D eigenvalue weighted by atomic mass is 35.5. The van der Waals surface area contributed by atoms with Crippen LogP contribution in [0, 0.1) is 0 Å². The zero-order valence-corrected chi connectivity index (χ0v) is 13.8. The third-order valence-corrected chi connectivity index (χ3v) is 4.56. The Morgan fingerprint density at radius 3 is 2.83 bits per heavy atom. The molecule has 8 heteroatoms. The van der Waals surface area contributed by atoms with Crippen LogP contribution in [0.15, 0.2) is 35.8 Å². The highest BCUT2D eigenvalue weighted by Gasteiger charge is 2.40. The van der Waals surface area contributed by atoms with E-state index in [1.54, 1.807) is 42.9 Å². The van der Waals surface area contributed by atoms with Gasteiger partial charge in [-0.25, -0.2) is 4.98 Å². The second kappa shape index (κ2) is 6.66. The van der Waals surface area contributed by atoms with E-state index in [9.17, 15) is 9.59 Å². The molecule has 2 heterocycles. The van der Waals surface area contributed by atoms with Crippen LogP contribution < -0.4 is 5.32 Å². The molecule has 0 unspecified atom stereocenters. The molecule has 1 aromatic heterocycles. The van der Waals surface area contributed by atoms with E-state index in [0.29, 0.717) is 10.2 Å². The summed E-state index contributed by atoms with van der Waals surface area (Å²) in [4.78, 5) is 30.1. The number of carbonyl (C=O) groups is 2. The van der Waals surface area contributed by atoms with Crippen LogP contribution in [0.4, 0.5) is 5.13 Å². The van der Waals surface area contributed by atoms with Crippen molar-refractivity contribution in [2.45, 2.75) is 12.1 Å². The van der Waals surface area contributed by atoms with Gasteiger partial charge in [0.15, 0.2) is 11.2 Å². The number of hydrogen-bond donors (Lipinski definition) is 1. The molecule has 3 rings (SSSR count). The maximum atomic E-state index is 12.5. The second-order valence-electron chi connectivity index (χ2n) is 5.06. The van der Waals surface area contributed by atoms with Crippen LogP contribution in [-0.4, -0.2) is 41.5 Å². The minimum atomic E-state index is -0.817. The molecule has 2 aromatic rings. The van der Waals surface area contributed by atoms with Crippen LogP contribution in [0.25, 0.3) is 0 Å². The van der Waals surface area contributed by atoms with Gasteiger partial charge in [0, 0.05) is 23.6 Å². The van der Waals surface area contributed by atoms with E-state index < -0.39 is 12.1 Å². The van der Waals surface area contributed by atoms with Crippen molar-refractivity contribution in [1.29, 1.82) is 0 Å². The first-order valence-electron chi connectivity index (χ1n) is 6.89. The van der Waals surface area contributed by atoms with Gasteiger partial charge in [0.05, 0.1) is 6.04 Å². The second-order valence-corrected chi connectivity index (χ2v) is 6.39. The fourth-order valence-electron chi connectivity index (χ4n) is 2.45. The minimum Gasteiger partial charge on any atom is -0.356 e. The molecule has 120 valence electrons. The van der Waals surface area contributed by atoms with Crippen molar-refractivity contribution in [3.63, 3.8) is 0 Å². The number of nitrogens with zero attached hydrogens (tertiary/aromatic N) is 2. The van der Waals surface area contributed by atoms with Crippen LogP contribution >= 0.6 is 22.9 Å². The number of thiazole rings is 1. The molecule has 1 aliphatic rings. The van der Waals surface area contributed by atoms with Gasteiger partial charge >= 0.3 is 0 Å². The number of anilines is 1. The normalized spacial score (nSPS) is 21.3. The Hall–Kier alpha value is -1.96. The fourth-order valence-corrected chi connectivity index (χ4v) is 3.11. The topological polar surface area (TPSA) is 71.5 Å². The lowest BCUT2D eigenvalue weighted by Gasteiger charge is -2.38. The Morgan fingerprint density at radius 1 is 1.43 bits per heavy atom. The molecular weight excluding hydrogens is 338 g/mol. The lowest BCUT2D eigenvalue weighted by molar-refractivity contribution is -0.160. The standard InChI is InChI=1S/C15H14ClN3O3S/c1-19-11(20)8-22-13(14(21)18-15-17-6-7-23-15)12(19)9-2-4-10(16)5-3-9/h2-7,12-13H,8H2,1H3,(H,17,18,21)/t12-,13+/m1/s1. The average Bonchev–Trinajstić information content (AvgIpc) is 3.04. The summed E-state index contributed by atoms with van der Waals surface area (Å²) < 4.78 is 5.51. The van der Waals surface area contributed by atoms with Gasteiger partial charge in [0.2, 0.25) is 5.91 Å². The van der Waals surface area contributed by atoms with Crippen LogP contribution in [0.2, 0.25) is 5.02 Å². The number of amides is 2. The van der Waals surface area contributed by atoms with E-state index in [1.165, 1.54) is 16.2 Å². The minimum absolute atomic E-state index is 0.128. The Morgan fingerprint density at radius 2 is 2.17 bits per heavy atom. The quantitative estimate of drug-likeness (QED) is 0.921. The van der Waals surface area contributed by atoms with E-state index in [1.807, 2.05) is 0 Å². The zero-order chi connectivity index (χ0) is 16.4. The Labute approximate surface area is 142 Å². The molecule has 2 amide bonds. The predicted octanol–water partition coefficient (Wildman–Crippen LogP) is 2.33. The summed E-state index contributed by atoms with van der Waals surface area (Å²) in [5.41, 5.74) is 0.782. The number of halogens is 1. The van der Waals surface area contributed by atoms with Crippen molar-refractivity contribution < 1.29 is 14.3 Å². The van der Waals surface area contributed by atoms with Crippen LogP contribution in [0.1, 0.15) is 11.6 Å². The van der Waals surface area contributed by atoms with E-state index in [4.69, 9.17) is 16.3 Å².